The lowest BCUT2D eigenvalue weighted by Crippen LogP contribution is -1.86. The maximum atomic E-state index is 3.64. The molecule has 1 atom stereocenters. The molecule has 1 rings (SSSR count). The van der Waals surface area contributed by atoms with E-state index in [0.29, 0.717) is 5.92 Å². The predicted molar refractivity (Wildman–Crippen MR) is 50.3 cm³/mol. The summed E-state index contributed by atoms with van der Waals surface area (Å²) in [6, 6.07) is 0. The number of hydrogen-bond acceptors (Lipinski definition) is 0. The molecule has 0 aromatic rings. The van der Waals surface area contributed by atoms with E-state index in [2.05, 4.69) is 37.0 Å². The average Bonchev–Trinajstić information content (AvgIpc) is 2.28. The Hall–Kier alpha value is -1.04. The van der Waals surface area contributed by atoms with Crippen LogP contribution in [0.3, 0.4) is 0 Å². The summed E-state index contributed by atoms with van der Waals surface area (Å²) in [5.41, 5.74) is 0. The van der Waals surface area contributed by atoms with Crippen LogP contribution >= 0.6 is 0 Å². The van der Waals surface area contributed by atoms with Gasteiger partial charge in [0.2, 0.25) is 0 Å². The van der Waals surface area contributed by atoms with Crippen LogP contribution < -0.4 is 0 Å². The van der Waals surface area contributed by atoms with Crippen molar-refractivity contribution in [3.8, 4) is 0 Å². The molecule has 0 heterocycles. The van der Waals surface area contributed by atoms with Crippen LogP contribution in [0.25, 0.3) is 0 Å². The van der Waals surface area contributed by atoms with E-state index in [1.54, 1.807) is 0 Å². The zero-order valence-electron chi connectivity index (χ0n) is 6.74. The van der Waals surface area contributed by atoms with Gasteiger partial charge in [0.05, 0.1) is 0 Å². The highest BCUT2D eigenvalue weighted by Crippen LogP contribution is 2.12. The molecule has 58 valence electrons. The highest BCUT2D eigenvalue weighted by Gasteiger charge is 1.97. The molecule has 1 aliphatic rings. The van der Waals surface area contributed by atoms with Crippen molar-refractivity contribution in [2.75, 3.05) is 0 Å². The molecule has 11 heavy (non-hydrogen) atoms. The molecule has 0 N–H and O–H groups in total. The molecule has 0 nitrogen and oxygen atoms in total. The third kappa shape index (κ3) is 3.03. The maximum Gasteiger partial charge on any atom is -0.00157 e. The Labute approximate surface area is 68.6 Å². The Morgan fingerprint density at radius 2 is 2.18 bits per heavy atom. The van der Waals surface area contributed by atoms with Crippen molar-refractivity contribution in [3.05, 3.63) is 49.1 Å². The third-order valence-electron chi connectivity index (χ3n) is 1.72. The molecule has 0 heteroatoms. The summed E-state index contributed by atoms with van der Waals surface area (Å²) in [5.74, 6) is 0.576. The lowest BCUT2D eigenvalue weighted by Gasteiger charge is -1.99. The summed E-state index contributed by atoms with van der Waals surface area (Å²) in [4.78, 5) is 0. The van der Waals surface area contributed by atoms with Gasteiger partial charge in [-0.3, -0.25) is 0 Å². The minimum atomic E-state index is 0.576. The van der Waals surface area contributed by atoms with Gasteiger partial charge in [-0.05, 0) is 18.8 Å². The quantitative estimate of drug-likeness (QED) is 0.414. The minimum absolute atomic E-state index is 0.576. The monoisotopic (exact) mass is 146 g/mol. The van der Waals surface area contributed by atoms with Gasteiger partial charge in [-0.25, -0.2) is 0 Å². The molecule has 0 amide bonds. The van der Waals surface area contributed by atoms with Crippen LogP contribution in [0.2, 0.25) is 0 Å². The highest BCUT2D eigenvalue weighted by molar-refractivity contribution is 5.11. The highest BCUT2D eigenvalue weighted by atomic mass is 14.0. The first-order chi connectivity index (χ1) is 5.43. The predicted octanol–water partition coefficient (Wildman–Crippen LogP) is 3.25. The van der Waals surface area contributed by atoms with Crippen molar-refractivity contribution in [1.29, 1.82) is 0 Å². The first-order valence-corrected chi connectivity index (χ1v) is 4.04. The van der Waals surface area contributed by atoms with Crippen LogP contribution in [0.15, 0.2) is 49.1 Å². The summed E-state index contributed by atoms with van der Waals surface area (Å²) in [5, 5.41) is 0. The molecular formula is C11H14. The normalized spacial score (nSPS) is 23.8. The van der Waals surface area contributed by atoms with Crippen molar-refractivity contribution in [2.45, 2.75) is 12.8 Å². The van der Waals surface area contributed by atoms with Gasteiger partial charge >= 0.3 is 0 Å². The lowest BCUT2D eigenvalue weighted by molar-refractivity contribution is 0.836. The van der Waals surface area contributed by atoms with Crippen LogP contribution in [0, 0.1) is 5.92 Å². The van der Waals surface area contributed by atoms with E-state index >= 15 is 0 Å². The number of hydrogen-bond donors (Lipinski definition) is 0. The van der Waals surface area contributed by atoms with E-state index in [4.69, 9.17) is 0 Å². The molecule has 0 aliphatic heterocycles. The molecular weight excluding hydrogens is 132 g/mol. The molecule has 0 bridgehead atoms. The summed E-state index contributed by atoms with van der Waals surface area (Å²) in [6.07, 6.45) is 17.1. The Kier molecular flexibility index (Phi) is 3.46. The Bertz CT molecular complexity index is 194. The summed E-state index contributed by atoms with van der Waals surface area (Å²) in [6.45, 7) is 3.64. The zero-order valence-corrected chi connectivity index (χ0v) is 6.74. The average molecular weight is 146 g/mol. The van der Waals surface area contributed by atoms with Gasteiger partial charge in [0.25, 0.3) is 0 Å². The van der Waals surface area contributed by atoms with Crippen LogP contribution in [-0.2, 0) is 0 Å². The fourth-order valence-corrected chi connectivity index (χ4v) is 1.12. The van der Waals surface area contributed by atoms with Gasteiger partial charge in [-0.15, -0.1) is 0 Å². The molecule has 0 radical (unpaired) electrons. The molecule has 0 saturated heterocycles. The van der Waals surface area contributed by atoms with E-state index in [0.717, 1.165) is 12.8 Å². The largest absolute Gasteiger partial charge is 0.0991 e. The van der Waals surface area contributed by atoms with Crippen LogP contribution in [0.1, 0.15) is 12.8 Å². The Morgan fingerprint density at radius 3 is 3.00 bits per heavy atom. The summed E-state index contributed by atoms with van der Waals surface area (Å²) in [7, 11) is 0. The van der Waals surface area contributed by atoms with Crippen molar-refractivity contribution >= 4 is 0 Å². The lowest BCUT2D eigenvalue weighted by atomic mass is 10.1. The molecule has 0 aromatic heterocycles. The SMILES string of the molecule is C=CC=CC1C=CCC=CC1. The Balaban J connectivity index is 2.50. The fourth-order valence-electron chi connectivity index (χ4n) is 1.12. The number of rotatable bonds is 2. The van der Waals surface area contributed by atoms with Crippen molar-refractivity contribution < 1.29 is 0 Å². The van der Waals surface area contributed by atoms with Gasteiger partial charge < -0.3 is 0 Å². The fraction of sp³-hybridized carbons (Fsp3) is 0.273. The number of allylic oxidation sites excluding steroid dienone is 7. The van der Waals surface area contributed by atoms with Crippen molar-refractivity contribution in [2.24, 2.45) is 5.92 Å². The minimum Gasteiger partial charge on any atom is -0.0991 e. The van der Waals surface area contributed by atoms with Crippen LogP contribution in [0.4, 0.5) is 0 Å². The first-order valence-electron chi connectivity index (χ1n) is 4.04. The van der Waals surface area contributed by atoms with Gasteiger partial charge in [-0.2, -0.15) is 0 Å². The third-order valence-corrected chi connectivity index (χ3v) is 1.72. The van der Waals surface area contributed by atoms with E-state index in [1.807, 2.05) is 12.2 Å². The van der Waals surface area contributed by atoms with Crippen LogP contribution in [-0.4, -0.2) is 0 Å². The van der Waals surface area contributed by atoms with E-state index in [-0.39, 0.29) is 0 Å². The van der Waals surface area contributed by atoms with Gasteiger partial charge in [0, 0.05) is 0 Å². The summed E-state index contributed by atoms with van der Waals surface area (Å²) >= 11 is 0. The second kappa shape index (κ2) is 4.73. The van der Waals surface area contributed by atoms with Crippen molar-refractivity contribution in [3.63, 3.8) is 0 Å². The molecule has 0 aromatic carbocycles. The molecule has 1 aliphatic carbocycles. The van der Waals surface area contributed by atoms with E-state index in [9.17, 15) is 0 Å². The van der Waals surface area contributed by atoms with Crippen molar-refractivity contribution in [1.82, 2.24) is 0 Å². The molecule has 1 unspecified atom stereocenters. The van der Waals surface area contributed by atoms with E-state index in [1.165, 1.54) is 0 Å². The van der Waals surface area contributed by atoms with Gasteiger partial charge in [0.1, 0.15) is 0 Å². The first kappa shape index (κ1) is 8.06. The molecule has 0 saturated carbocycles. The molecule has 0 spiro atoms. The van der Waals surface area contributed by atoms with E-state index < -0.39 is 0 Å². The second-order valence-corrected chi connectivity index (χ2v) is 2.66. The maximum absolute atomic E-state index is 3.64. The van der Waals surface area contributed by atoms with Crippen LogP contribution in [0.5, 0.6) is 0 Å². The summed E-state index contributed by atoms with van der Waals surface area (Å²) < 4.78 is 0. The van der Waals surface area contributed by atoms with Gasteiger partial charge in [-0.1, -0.05) is 49.1 Å². The topological polar surface area (TPSA) is 0 Å². The standard InChI is InChI=1S/C11H14/c1-2-3-8-11-9-6-4-5-7-10-11/h2-4,6-8,10-11H,1,5,9H2. The van der Waals surface area contributed by atoms with Gasteiger partial charge in [0.15, 0.2) is 0 Å². The zero-order chi connectivity index (χ0) is 7.94. The molecule has 0 fully saturated rings. The smallest absolute Gasteiger partial charge is 0.00157 e. The second-order valence-electron chi connectivity index (χ2n) is 2.66. The Morgan fingerprint density at radius 1 is 1.27 bits per heavy atom.